The molecule has 1 aliphatic rings. The molecule has 8 rings (SSSR count). The molecule has 0 fully saturated rings. The van der Waals surface area contributed by atoms with Crippen molar-refractivity contribution < 1.29 is 68.6 Å². The fraction of sp³-hybridized carbons (Fsp3) is 0.0250. The molecule has 336 valence electrons. The minimum Gasteiger partial charge on any atom is -0.507 e. The second-order valence-corrected chi connectivity index (χ2v) is 18.4. The number of carbonyl (C=O) groups excluding carboxylic acids is 2. The van der Waals surface area contributed by atoms with E-state index in [9.17, 15) is 73.4 Å². The Labute approximate surface area is 370 Å². The first-order valence-corrected chi connectivity index (χ1v) is 22.7. The number of hydrogen-bond donors (Lipinski definition) is 9. The molecule has 1 aliphatic carbocycles. The lowest BCUT2D eigenvalue weighted by atomic mass is 9.80. The number of aromatic hydroxyl groups is 2. The van der Waals surface area contributed by atoms with Crippen LogP contribution in [-0.2, 0) is 37.4 Å². The number of pyridine rings is 1. The van der Waals surface area contributed by atoms with Gasteiger partial charge in [-0.1, -0.05) is 36.4 Å². The van der Waals surface area contributed by atoms with E-state index in [-0.39, 0.29) is 50.1 Å². The van der Waals surface area contributed by atoms with Gasteiger partial charge in [0.25, 0.3) is 35.9 Å². The Hall–Kier alpha value is -8.14. The molecule has 0 bridgehead atoms. The number of aromatic carboxylic acids is 1. The molecule has 0 amide bonds. The van der Waals surface area contributed by atoms with Gasteiger partial charge in [0.2, 0.25) is 11.9 Å². The Bertz CT molecular complexity index is 3750. The maximum atomic E-state index is 14.6. The number of carbonyl (C=O) groups is 3. The quantitative estimate of drug-likeness (QED) is 0.0469. The van der Waals surface area contributed by atoms with Crippen LogP contribution in [0.15, 0.2) is 110 Å². The highest BCUT2D eigenvalue weighted by molar-refractivity contribution is 7.87. The normalized spacial score (nSPS) is 12.4. The molecule has 0 saturated carbocycles. The van der Waals surface area contributed by atoms with Gasteiger partial charge in [-0.2, -0.15) is 40.2 Å². The lowest BCUT2D eigenvalue weighted by Gasteiger charge is -2.26. The van der Waals surface area contributed by atoms with Crippen molar-refractivity contribution >= 4 is 93.4 Å². The lowest BCUT2D eigenvalue weighted by Crippen LogP contribution is -2.29. The molecule has 0 saturated heterocycles. The van der Waals surface area contributed by atoms with Crippen LogP contribution in [0.25, 0.3) is 22.0 Å². The van der Waals surface area contributed by atoms with E-state index in [0.717, 1.165) is 41.0 Å². The molecule has 0 radical (unpaired) electrons. The van der Waals surface area contributed by atoms with E-state index in [4.69, 9.17) is 0 Å². The number of ketones is 2. The van der Waals surface area contributed by atoms with E-state index in [0.29, 0.717) is 6.07 Å². The van der Waals surface area contributed by atoms with Gasteiger partial charge in [-0.3, -0.25) is 28.0 Å². The monoisotopic (exact) mass is 957 g/mol. The van der Waals surface area contributed by atoms with Gasteiger partial charge in [0.1, 0.15) is 21.1 Å². The minimum absolute atomic E-state index is 0.0213. The van der Waals surface area contributed by atoms with Crippen molar-refractivity contribution in [3.8, 4) is 22.9 Å². The third-order valence-corrected chi connectivity index (χ3v) is 12.7. The number of benzene rings is 5. The van der Waals surface area contributed by atoms with Gasteiger partial charge in [0.05, 0.1) is 38.6 Å². The first-order chi connectivity index (χ1) is 30.9. The van der Waals surface area contributed by atoms with Crippen molar-refractivity contribution in [3.63, 3.8) is 0 Å². The van der Waals surface area contributed by atoms with Crippen LogP contribution < -0.4 is 21.5 Å². The van der Waals surface area contributed by atoms with E-state index in [1.165, 1.54) is 55.6 Å². The van der Waals surface area contributed by atoms with Crippen molar-refractivity contribution in [2.24, 2.45) is 7.05 Å². The summed E-state index contributed by atoms with van der Waals surface area (Å²) in [6.07, 6.45) is 0. The molecule has 2 aromatic heterocycles. The number of carboxylic acids is 1. The van der Waals surface area contributed by atoms with Gasteiger partial charge in [-0.15, -0.1) is 0 Å². The zero-order chi connectivity index (χ0) is 47.8. The molecule has 9 N–H and O–H groups in total. The first kappa shape index (κ1) is 44.5. The van der Waals surface area contributed by atoms with Crippen molar-refractivity contribution in [2.45, 2.75) is 14.7 Å². The van der Waals surface area contributed by atoms with Crippen LogP contribution in [0.4, 0.5) is 34.6 Å². The number of aryl methyl sites for hydroxylation is 1. The molecule has 66 heavy (non-hydrogen) atoms. The van der Waals surface area contributed by atoms with Gasteiger partial charge >= 0.3 is 12.0 Å². The van der Waals surface area contributed by atoms with E-state index < -0.39 is 114 Å². The standard InChI is InChI=1S/C40H27N7O16S3/c1-47-26-11-10-23(31-32(26)30(20-7-2-3-8-21(20)35(31)50)33(36(47)51)34(49)17-5-4-6-19(13-17)64(55,56)57)42-24-15-25(29(66(61,62)63)16-28(24)65(58,59)60)43-39-44-38(45-40(54)46-39)41-18-9-12-27(48)22(14-18)37(52)53/h2-16,42,48H,1H3,(H,52,53)(H,55,56,57)(H,58,59,60)(H,61,62,63)(H3,41,43,44,45,46,54). The minimum atomic E-state index is -5.43. The zero-order valence-electron chi connectivity index (χ0n) is 32.9. The number of hydrogen-bond acceptors (Lipinski definition) is 18. The number of fused-ring (bicyclic) bond motifs is 2. The molecular formula is C40H27N7O16S3. The lowest BCUT2D eigenvalue weighted by molar-refractivity contribution is 0.0693. The van der Waals surface area contributed by atoms with Crippen LogP contribution in [0.1, 0.15) is 42.2 Å². The Morgan fingerprint density at radius 2 is 1.27 bits per heavy atom. The molecule has 26 heteroatoms. The third kappa shape index (κ3) is 8.01. The molecule has 0 unspecified atom stereocenters. The Kier molecular flexibility index (Phi) is 10.7. The SMILES string of the molecule is Cn1c(=O)c(C(=O)c2cccc(S(=O)(=O)O)c2)c2c3c(c(Nc4cc(Nc5nc(O)nc(Nc6ccc(O)c(C(=O)O)c6)n5)c(S(=O)(=O)O)cc4S(=O)(=O)O)ccc31)C(=O)c1ccccc1-2. The highest BCUT2D eigenvalue weighted by Crippen LogP contribution is 2.45. The number of rotatable bonds is 12. The molecule has 0 atom stereocenters. The smallest absolute Gasteiger partial charge is 0.339 e. The van der Waals surface area contributed by atoms with Crippen LogP contribution in [0.5, 0.6) is 11.8 Å². The highest BCUT2D eigenvalue weighted by Gasteiger charge is 2.35. The summed E-state index contributed by atoms with van der Waals surface area (Å²) in [6.45, 7) is 0. The Morgan fingerprint density at radius 3 is 1.91 bits per heavy atom. The van der Waals surface area contributed by atoms with E-state index >= 15 is 0 Å². The maximum absolute atomic E-state index is 14.6. The second-order valence-electron chi connectivity index (χ2n) is 14.2. The van der Waals surface area contributed by atoms with Crippen molar-refractivity contribution in [2.75, 3.05) is 16.0 Å². The third-order valence-electron chi connectivity index (χ3n) is 10.1. The number of carboxylic acid groups (broad SMARTS) is 1. The molecule has 7 aromatic rings. The van der Waals surface area contributed by atoms with Crippen LogP contribution in [0.2, 0.25) is 0 Å². The molecule has 2 heterocycles. The predicted octanol–water partition coefficient (Wildman–Crippen LogP) is 4.25. The molecule has 0 spiro atoms. The number of anilines is 6. The summed E-state index contributed by atoms with van der Waals surface area (Å²) in [7, 11) is -14.4. The van der Waals surface area contributed by atoms with Crippen LogP contribution in [0.3, 0.4) is 0 Å². The number of nitrogens with zero attached hydrogens (tertiary/aromatic N) is 4. The number of nitrogens with one attached hydrogen (secondary N) is 3. The molecular weight excluding hydrogens is 931 g/mol. The topological polar surface area (TPSA) is 372 Å². The van der Waals surface area contributed by atoms with Crippen molar-refractivity contribution in [3.05, 3.63) is 129 Å². The first-order valence-electron chi connectivity index (χ1n) is 18.3. The maximum Gasteiger partial charge on any atom is 0.339 e. The predicted molar refractivity (Wildman–Crippen MR) is 230 cm³/mol. The van der Waals surface area contributed by atoms with Gasteiger partial charge < -0.3 is 35.8 Å². The van der Waals surface area contributed by atoms with Crippen LogP contribution in [0, 0.1) is 0 Å². The highest BCUT2D eigenvalue weighted by atomic mass is 32.2. The number of aromatic nitrogens is 4. The fourth-order valence-electron chi connectivity index (χ4n) is 7.27. The van der Waals surface area contributed by atoms with Crippen molar-refractivity contribution in [1.82, 2.24) is 19.5 Å². The van der Waals surface area contributed by atoms with E-state index in [1.807, 2.05) is 0 Å². The second kappa shape index (κ2) is 15.8. The van der Waals surface area contributed by atoms with E-state index in [2.05, 4.69) is 30.9 Å². The summed E-state index contributed by atoms with van der Waals surface area (Å²) in [6, 6.07) is 16.0. The van der Waals surface area contributed by atoms with E-state index in [1.54, 1.807) is 0 Å². The average Bonchev–Trinajstić information content (AvgIpc) is 3.23. The van der Waals surface area contributed by atoms with Crippen LogP contribution >= 0.6 is 0 Å². The van der Waals surface area contributed by atoms with Crippen molar-refractivity contribution in [1.29, 1.82) is 0 Å². The summed E-state index contributed by atoms with van der Waals surface area (Å²) in [5.41, 5.74) is -4.15. The number of phenols is 1. The summed E-state index contributed by atoms with van der Waals surface area (Å²) in [5.74, 6) is -4.98. The summed E-state index contributed by atoms with van der Waals surface area (Å²) >= 11 is 0. The molecule has 23 nitrogen and oxygen atoms in total. The Balaban J connectivity index is 1.31. The average molecular weight is 958 g/mol. The van der Waals surface area contributed by atoms with Gasteiger partial charge in [0.15, 0.2) is 11.6 Å². The van der Waals surface area contributed by atoms with Gasteiger partial charge in [0, 0.05) is 34.8 Å². The van der Waals surface area contributed by atoms with Crippen LogP contribution in [-0.4, -0.2) is 91.3 Å². The summed E-state index contributed by atoms with van der Waals surface area (Å²) < 4.78 is 107. The fourth-order valence-corrected chi connectivity index (χ4v) is 9.18. The summed E-state index contributed by atoms with van der Waals surface area (Å²) in [4.78, 5) is 62.9. The Morgan fingerprint density at radius 1 is 0.636 bits per heavy atom. The summed E-state index contributed by atoms with van der Waals surface area (Å²) in [5, 5.41) is 37.2. The molecule has 0 aliphatic heterocycles. The zero-order valence-corrected chi connectivity index (χ0v) is 35.4. The van der Waals surface area contributed by atoms with Gasteiger partial charge in [-0.05, 0) is 60.2 Å². The largest absolute Gasteiger partial charge is 0.507 e. The molecule has 5 aromatic carbocycles. The van der Waals surface area contributed by atoms with Gasteiger partial charge in [-0.25, -0.2) is 4.79 Å².